The molecule has 104 valence electrons. The van der Waals surface area contributed by atoms with E-state index in [1.807, 2.05) is 12.1 Å². The molecule has 1 aromatic rings. The lowest BCUT2D eigenvalue weighted by molar-refractivity contribution is 0.175. The highest BCUT2D eigenvalue weighted by Crippen LogP contribution is 2.28. The van der Waals surface area contributed by atoms with E-state index in [0.717, 1.165) is 31.2 Å². The van der Waals surface area contributed by atoms with Crippen molar-refractivity contribution in [3.63, 3.8) is 0 Å². The molecule has 1 saturated carbocycles. The lowest BCUT2D eigenvalue weighted by Crippen LogP contribution is -2.54. The fourth-order valence-corrected chi connectivity index (χ4v) is 3.68. The zero-order valence-corrected chi connectivity index (χ0v) is 12.0. The van der Waals surface area contributed by atoms with Crippen molar-refractivity contribution in [2.75, 3.05) is 31.1 Å². The van der Waals surface area contributed by atoms with E-state index < -0.39 is 0 Å². The van der Waals surface area contributed by atoms with Gasteiger partial charge in [0.25, 0.3) is 0 Å². The molecule has 2 atom stereocenters. The van der Waals surface area contributed by atoms with Crippen molar-refractivity contribution in [2.24, 2.45) is 5.73 Å². The zero-order chi connectivity index (χ0) is 13.2. The van der Waals surface area contributed by atoms with Gasteiger partial charge < -0.3 is 10.6 Å². The van der Waals surface area contributed by atoms with Gasteiger partial charge in [-0.1, -0.05) is 30.2 Å². The van der Waals surface area contributed by atoms with Crippen LogP contribution in [0.2, 0.25) is 5.02 Å². The molecule has 2 aliphatic rings. The Morgan fingerprint density at radius 2 is 1.79 bits per heavy atom. The van der Waals surface area contributed by atoms with Crippen LogP contribution in [-0.4, -0.2) is 43.2 Å². The summed E-state index contributed by atoms with van der Waals surface area (Å²) >= 11 is 6.27. The summed E-state index contributed by atoms with van der Waals surface area (Å²) in [5, 5.41) is 0.855. The molecule has 0 bridgehead atoms. The van der Waals surface area contributed by atoms with Gasteiger partial charge in [-0.3, -0.25) is 4.90 Å². The second-order valence-corrected chi connectivity index (χ2v) is 6.04. The number of para-hydroxylation sites is 1. The molecule has 0 aromatic heterocycles. The number of hydrogen-bond acceptors (Lipinski definition) is 3. The van der Waals surface area contributed by atoms with Gasteiger partial charge in [-0.25, -0.2) is 0 Å². The predicted octanol–water partition coefficient (Wildman–Crippen LogP) is 2.34. The van der Waals surface area contributed by atoms with Gasteiger partial charge in [-0.05, 0) is 25.0 Å². The number of hydrogen-bond donors (Lipinski definition) is 1. The third-order valence-electron chi connectivity index (χ3n) is 4.51. The Bertz CT molecular complexity index is 429. The third-order valence-corrected chi connectivity index (χ3v) is 4.83. The Kier molecular flexibility index (Phi) is 3.96. The van der Waals surface area contributed by atoms with Crippen molar-refractivity contribution < 1.29 is 0 Å². The molecule has 1 aliphatic carbocycles. The number of nitrogens with two attached hydrogens (primary N) is 1. The van der Waals surface area contributed by atoms with E-state index in [1.54, 1.807) is 0 Å². The van der Waals surface area contributed by atoms with Crippen LogP contribution in [0.15, 0.2) is 24.3 Å². The van der Waals surface area contributed by atoms with Gasteiger partial charge in [0, 0.05) is 38.3 Å². The molecular weight excluding hydrogens is 258 g/mol. The van der Waals surface area contributed by atoms with Crippen LogP contribution in [-0.2, 0) is 0 Å². The summed E-state index contributed by atoms with van der Waals surface area (Å²) in [5.74, 6) is 0. The fraction of sp³-hybridized carbons (Fsp3) is 0.600. The minimum atomic E-state index is 0.381. The van der Waals surface area contributed by atoms with Crippen LogP contribution in [0.4, 0.5) is 5.69 Å². The first-order chi connectivity index (χ1) is 9.25. The maximum Gasteiger partial charge on any atom is 0.0639 e. The van der Waals surface area contributed by atoms with E-state index in [1.165, 1.54) is 24.9 Å². The monoisotopic (exact) mass is 279 g/mol. The number of anilines is 1. The molecule has 2 unspecified atom stereocenters. The molecule has 1 aliphatic heterocycles. The highest BCUT2D eigenvalue weighted by atomic mass is 35.5. The molecule has 0 amide bonds. The van der Waals surface area contributed by atoms with Gasteiger partial charge in [-0.2, -0.15) is 0 Å². The largest absolute Gasteiger partial charge is 0.368 e. The van der Waals surface area contributed by atoms with Gasteiger partial charge in [0.2, 0.25) is 0 Å². The first kappa shape index (κ1) is 13.2. The van der Waals surface area contributed by atoms with Gasteiger partial charge >= 0.3 is 0 Å². The molecule has 1 heterocycles. The summed E-state index contributed by atoms with van der Waals surface area (Å²) in [4.78, 5) is 4.96. The lowest BCUT2D eigenvalue weighted by Gasteiger charge is -2.40. The third kappa shape index (κ3) is 2.73. The topological polar surface area (TPSA) is 32.5 Å². The molecule has 4 heteroatoms. The highest BCUT2D eigenvalue weighted by Gasteiger charge is 2.31. The van der Waals surface area contributed by atoms with Gasteiger partial charge in [0.1, 0.15) is 0 Å². The predicted molar refractivity (Wildman–Crippen MR) is 80.9 cm³/mol. The van der Waals surface area contributed by atoms with E-state index in [-0.39, 0.29) is 0 Å². The normalized spacial score (nSPS) is 28.8. The molecule has 3 rings (SSSR count). The van der Waals surface area contributed by atoms with Crippen molar-refractivity contribution in [3.8, 4) is 0 Å². The van der Waals surface area contributed by atoms with E-state index in [9.17, 15) is 0 Å². The van der Waals surface area contributed by atoms with Crippen LogP contribution < -0.4 is 10.6 Å². The minimum absolute atomic E-state index is 0.381. The van der Waals surface area contributed by atoms with Gasteiger partial charge in [0.15, 0.2) is 0 Å². The first-order valence-corrected chi connectivity index (χ1v) is 7.62. The minimum Gasteiger partial charge on any atom is -0.368 e. The Balaban J connectivity index is 1.62. The molecular formula is C15H22ClN3. The fourth-order valence-electron chi connectivity index (χ4n) is 3.43. The molecule has 0 spiro atoms. The molecule has 1 saturated heterocycles. The quantitative estimate of drug-likeness (QED) is 0.902. The summed E-state index contributed by atoms with van der Waals surface area (Å²) < 4.78 is 0. The van der Waals surface area contributed by atoms with Crippen molar-refractivity contribution >= 4 is 17.3 Å². The van der Waals surface area contributed by atoms with Crippen LogP contribution in [0, 0.1) is 0 Å². The molecule has 3 nitrogen and oxygen atoms in total. The van der Waals surface area contributed by atoms with Gasteiger partial charge in [-0.15, -0.1) is 0 Å². The number of piperazine rings is 1. The lowest BCUT2D eigenvalue weighted by atomic mass is 10.1. The smallest absolute Gasteiger partial charge is 0.0639 e. The Morgan fingerprint density at radius 3 is 2.42 bits per heavy atom. The van der Waals surface area contributed by atoms with E-state index in [4.69, 9.17) is 17.3 Å². The van der Waals surface area contributed by atoms with E-state index in [0.29, 0.717) is 12.1 Å². The van der Waals surface area contributed by atoms with Crippen molar-refractivity contribution in [2.45, 2.75) is 31.3 Å². The molecule has 2 fully saturated rings. The van der Waals surface area contributed by atoms with Crippen LogP contribution >= 0.6 is 11.6 Å². The Morgan fingerprint density at radius 1 is 1.05 bits per heavy atom. The molecule has 19 heavy (non-hydrogen) atoms. The molecule has 0 radical (unpaired) electrons. The second kappa shape index (κ2) is 5.70. The summed E-state index contributed by atoms with van der Waals surface area (Å²) in [5.41, 5.74) is 7.37. The zero-order valence-electron chi connectivity index (χ0n) is 11.3. The van der Waals surface area contributed by atoms with Crippen molar-refractivity contribution in [1.29, 1.82) is 0 Å². The summed E-state index contributed by atoms with van der Waals surface area (Å²) in [7, 11) is 0. The SMILES string of the molecule is NC1CCCC1N1CCN(c2ccccc2Cl)CC1. The number of rotatable bonds is 2. The molecule has 1 aromatic carbocycles. The van der Waals surface area contributed by atoms with Crippen LogP contribution in [0.5, 0.6) is 0 Å². The van der Waals surface area contributed by atoms with Crippen molar-refractivity contribution in [3.05, 3.63) is 29.3 Å². The standard InChI is InChI=1S/C15H22ClN3/c16-12-4-1-2-6-14(12)18-8-10-19(11-9-18)15-7-3-5-13(15)17/h1-2,4,6,13,15H,3,5,7-11,17H2. The van der Waals surface area contributed by atoms with Crippen molar-refractivity contribution in [1.82, 2.24) is 4.90 Å². The maximum absolute atomic E-state index is 6.27. The second-order valence-electron chi connectivity index (χ2n) is 5.64. The first-order valence-electron chi connectivity index (χ1n) is 7.25. The van der Waals surface area contributed by atoms with E-state index in [2.05, 4.69) is 21.9 Å². The summed E-state index contributed by atoms with van der Waals surface area (Å²) in [6.07, 6.45) is 3.75. The Hall–Kier alpha value is -0.770. The number of nitrogens with zero attached hydrogens (tertiary/aromatic N) is 2. The average Bonchev–Trinajstić information content (AvgIpc) is 2.86. The Labute approximate surface area is 120 Å². The summed E-state index contributed by atoms with van der Waals surface area (Å²) in [6.45, 7) is 4.30. The van der Waals surface area contributed by atoms with Crippen LogP contribution in [0.25, 0.3) is 0 Å². The van der Waals surface area contributed by atoms with E-state index >= 15 is 0 Å². The van der Waals surface area contributed by atoms with Crippen LogP contribution in [0.1, 0.15) is 19.3 Å². The average molecular weight is 280 g/mol. The molecule has 2 N–H and O–H groups in total. The van der Waals surface area contributed by atoms with Crippen LogP contribution in [0.3, 0.4) is 0 Å². The summed E-state index contributed by atoms with van der Waals surface area (Å²) in [6, 6.07) is 9.11. The number of halogens is 1. The number of benzene rings is 1. The highest BCUT2D eigenvalue weighted by molar-refractivity contribution is 6.33. The maximum atomic E-state index is 6.27. The van der Waals surface area contributed by atoms with Gasteiger partial charge in [0.05, 0.1) is 10.7 Å².